The summed E-state index contributed by atoms with van der Waals surface area (Å²) in [4.78, 5) is 0. The molecule has 0 fully saturated rings. The van der Waals surface area contributed by atoms with Gasteiger partial charge in [0.05, 0.1) is 11.6 Å². The van der Waals surface area contributed by atoms with Crippen LogP contribution < -0.4 is 4.74 Å². The fraction of sp³-hybridized carbons (Fsp3) is 0.538. The Hall–Kier alpha value is -0.500. The molecule has 0 N–H and O–H groups in total. The summed E-state index contributed by atoms with van der Waals surface area (Å²) in [7, 11) is 1.70. The predicted octanol–water partition coefficient (Wildman–Crippen LogP) is 4.58. The van der Waals surface area contributed by atoms with Crippen LogP contribution in [0.1, 0.15) is 38.2 Å². The van der Waals surface area contributed by atoms with Crippen molar-refractivity contribution in [1.29, 1.82) is 0 Å². The van der Waals surface area contributed by atoms with Crippen LogP contribution in [0, 0.1) is 0 Å². The molecule has 1 rings (SSSR count). The summed E-state index contributed by atoms with van der Waals surface area (Å²) < 4.78 is 6.25. The van der Waals surface area contributed by atoms with Crippen molar-refractivity contribution in [3.8, 4) is 5.75 Å². The van der Waals surface area contributed by atoms with Crippen LogP contribution in [0.15, 0.2) is 22.7 Å². The first-order valence-corrected chi connectivity index (χ1v) is 6.39. The molecule has 0 unspecified atom stereocenters. The Kier molecular flexibility index (Phi) is 5.77. The molecule has 0 heterocycles. The van der Waals surface area contributed by atoms with Gasteiger partial charge in [0.1, 0.15) is 5.75 Å². The van der Waals surface area contributed by atoms with Crippen LogP contribution in [0.3, 0.4) is 0 Å². The van der Waals surface area contributed by atoms with Crippen LogP contribution in [0.25, 0.3) is 0 Å². The second-order valence-corrected chi connectivity index (χ2v) is 4.63. The molecule has 1 nitrogen and oxygen atoms in total. The van der Waals surface area contributed by atoms with Gasteiger partial charge in [-0.1, -0.05) is 32.3 Å². The van der Waals surface area contributed by atoms with Gasteiger partial charge in [0.2, 0.25) is 0 Å². The van der Waals surface area contributed by atoms with Gasteiger partial charge in [-0.25, -0.2) is 0 Å². The largest absolute Gasteiger partial charge is 0.496 e. The highest BCUT2D eigenvalue weighted by molar-refractivity contribution is 9.10. The smallest absolute Gasteiger partial charge is 0.133 e. The van der Waals surface area contributed by atoms with Crippen molar-refractivity contribution < 1.29 is 4.74 Å². The molecule has 1 aromatic carbocycles. The molecule has 0 amide bonds. The van der Waals surface area contributed by atoms with E-state index in [0.29, 0.717) is 0 Å². The van der Waals surface area contributed by atoms with E-state index >= 15 is 0 Å². The molecule has 0 aliphatic heterocycles. The topological polar surface area (TPSA) is 9.23 Å². The molecular formula is C13H19BrO. The number of rotatable bonds is 6. The maximum Gasteiger partial charge on any atom is 0.133 e. The number of halogens is 1. The summed E-state index contributed by atoms with van der Waals surface area (Å²) in [5, 5.41) is 0. The van der Waals surface area contributed by atoms with Gasteiger partial charge < -0.3 is 4.74 Å². The average molecular weight is 271 g/mol. The van der Waals surface area contributed by atoms with Crippen molar-refractivity contribution >= 4 is 15.9 Å². The van der Waals surface area contributed by atoms with Gasteiger partial charge in [-0.15, -0.1) is 0 Å². The maximum absolute atomic E-state index is 5.20. The third kappa shape index (κ3) is 4.25. The number of hydrogen-bond acceptors (Lipinski definition) is 1. The Bertz CT molecular complexity index is 297. The molecule has 0 aliphatic carbocycles. The summed E-state index contributed by atoms with van der Waals surface area (Å²) in [5.74, 6) is 0.910. The van der Waals surface area contributed by atoms with Crippen LogP contribution in [0.5, 0.6) is 5.75 Å². The van der Waals surface area contributed by atoms with Gasteiger partial charge in [-0.2, -0.15) is 0 Å². The van der Waals surface area contributed by atoms with E-state index in [1.807, 2.05) is 6.07 Å². The lowest BCUT2D eigenvalue weighted by molar-refractivity contribution is 0.412. The van der Waals surface area contributed by atoms with Crippen LogP contribution in [-0.4, -0.2) is 7.11 Å². The highest BCUT2D eigenvalue weighted by Gasteiger charge is 2.00. The van der Waals surface area contributed by atoms with Crippen molar-refractivity contribution in [1.82, 2.24) is 0 Å². The fourth-order valence-corrected chi connectivity index (χ4v) is 2.21. The average Bonchev–Trinajstić information content (AvgIpc) is 2.25. The van der Waals surface area contributed by atoms with E-state index in [0.717, 1.165) is 10.2 Å². The van der Waals surface area contributed by atoms with Crippen LogP contribution in [-0.2, 0) is 6.42 Å². The van der Waals surface area contributed by atoms with E-state index in [2.05, 4.69) is 35.0 Å². The SMILES string of the molecule is CCCCCCc1ccc(OC)c(Br)c1. The van der Waals surface area contributed by atoms with Crippen molar-refractivity contribution in [3.05, 3.63) is 28.2 Å². The second-order valence-electron chi connectivity index (χ2n) is 3.78. The third-order valence-electron chi connectivity index (χ3n) is 2.54. The Morgan fingerprint density at radius 2 is 2.00 bits per heavy atom. The number of unbranched alkanes of at least 4 members (excludes halogenated alkanes) is 3. The van der Waals surface area contributed by atoms with E-state index in [9.17, 15) is 0 Å². The molecular weight excluding hydrogens is 252 g/mol. The normalized spacial score (nSPS) is 10.3. The predicted molar refractivity (Wildman–Crippen MR) is 68.5 cm³/mol. The number of ether oxygens (including phenoxy) is 1. The number of hydrogen-bond donors (Lipinski definition) is 0. The molecule has 1 aromatic rings. The second kappa shape index (κ2) is 6.89. The molecule has 0 aliphatic rings. The van der Waals surface area contributed by atoms with Crippen molar-refractivity contribution in [3.63, 3.8) is 0 Å². The lowest BCUT2D eigenvalue weighted by Crippen LogP contribution is -1.89. The van der Waals surface area contributed by atoms with Gasteiger partial charge >= 0.3 is 0 Å². The van der Waals surface area contributed by atoms with Crippen LogP contribution >= 0.6 is 15.9 Å². The van der Waals surface area contributed by atoms with Gasteiger partial charge in [-0.05, 0) is 46.5 Å². The van der Waals surface area contributed by atoms with E-state index in [4.69, 9.17) is 4.74 Å². The molecule has 84 valence electrons. The monoisotopic (exact) mass is 270 g/mol. The first-order chi connectivity index (χ1) is 7.27. The molecule has 0 saturated carbocycles. The highest BCUT2D eigenvalue weighted by Crippen LogP contribution is 2.26. The first kappa shape index (κ1) is 12.6. The fourth-order valence-electron chi connectivity index (χ4n) is 1.62. The van der Waals surface area contributed by atoms with Gasteiger partial charge in [0.15, 0.2) is 0 Å². The summed E-state index contributed by atoms with van der Waals surface area (Å²) in [6.45, 7) is 2.24. The lowest BCUT2D eigenvalue weighted by atomic mass is 10.1. The lowest BCUT2D eigenvalue weighted by Gasteiger charge is -2.06. The van der Waals surface area contributed by atoms with Crippen molar-refractivity contribution in [2.45, 2.75) is 39.0 Å². The molecule has 2 heteroatoms. The number of methoxy groups -OCH3 is 1. The molecule has 0 atom stereocenters. The molecule has 0 bridgehead atoms. The van der Waals surface area contributed by atoms with Gasteiger partial charge in [0.25, 0.3) is 0 Å². The zero-order valence-corrected chi connectivity index (χ0v) is 11.1. The third-order valence-corrected chi connectivity index (χ3v) is 3.15. The minimum Gasteiger partial charge on any atom is -0.496 e. The molecule has 0 saturated heterocycles. The molecule has 0 aromatic heterocycles. The van der Waals surface area contributed by atoms with E-state index in [1.54, 1.807) is 7.11 Å². The Morgan fingerprint density at radius 3 is 2.60 bits per heavy atom. The summed E-state index contributed by atoms with van der Waals surface area (Å²) in [6, 6.07) is 6.33. The van der Waals surface area contributed by atoms with Crippen molar-refractivity contribution in [2.24, 2.45) is 0 Å². The minimum atomic E-state index is 0.910. The van der Waals surface area contributed by atoms with Gasteiger partial charge in [0, 0.05) is 0 Å². The Morgan fingerprint density at radius 1 is 1.20 bits per heavy atom. The zero-order valence-electron chi connectivity index (χ0n) is 9.55. The Labute approximate surface area is 101 Å². The summed E-state index contributed by atoms with van der Waals surface area (Å²) in [6.07, 6.45) is 6.43. The van der Waals surface area contributed by atoms with Crippen LogP contribution in [0.2, 0.25) is 0 Å². The molecule has 0 spiro atoms. The molecule has 15 heavy (non-hydrogen) atoms. The quantitative estimate of drug-likeness (QED) is 0.688. The molecule has 0 radical (unpaired) electrons. The first-order valence-electron chi connectivity index (χ1n) is 5.60. The standard InChI is InChI=1S/C13H19BrO/c1-3-4-5-6-7-11-8-9-13(15-2)12(14)10-11/h8-10H,3-7H2,1-2H3. The number of benzene rings is 1. The Balaban J connectivity index is 2.45. The summed E-state index contributed by atoms with van der Waals surface area (Å²) >= 11 is 3.50. The summed E-state index contributed by atoms with van der Waals surface area (Å²) in [5.41, 5.74) is 1.39. The van der Waals surface area contributed by atoms with Crippen LogP contribution in [0.4, 0.5) is 0 Å². The minimum absolute atomic E-state index is 0.910. The maximum atomic E-state index is 5.20. The highest BCUT2D eigenvalue weighted by atomic mass is 79.9. The van der Waals surface area contributed by atoms with Crippen molar-refractivity contribution in [2.75, 3.05) is 7.11 Å². The zero-order chi connectivity index (χ0) is 11.1. The van der Waals surface area contributed by atoms with E-state index < -0.39 is 0 Å². The van der Waals surface area contributed by atoms with E-state index in [1.165, 1.54) is 37.7 Å². The van der Waals surface area contributed by atoms with Gasteiger partial charge in [-0.3, -0.25) is 0 Å². The number of aryl methyl sites for hydroxylation is 1. The van der Waals surface area contributed by atoms with E-state index in [-0.39, 0.29) is 0 Å².